The van der Waals surface area contributed by atoms with Crippen LogP contribution in [0.2, 0.25) is 0 Å². The van der Waals surface area contributed by atoms with E-state index in [-0.39, 0.29) is 5.91 Å². The zero-order valence-electron chi connectivity index (χ0n) is 12.8. The van der Waals surface area contributed by atoms with E-state index in [2.05, 4.69) is 21.2 Å². The van der Waals surface area contributed by atoms with Crippen molar-refractivity contribution in [1.82, 2.24) is 5.32 Å². The van der Waals surface area contributed by atoms with Crippen molar-refractivity contribution in [1.29, 1.82) is 0 Å². The number of esters is 2. The zero-order valence-corrected chi connectivity index (χ0v) is 14.4. The smallest absolute Gasteiger partial charge is 0.310 e. The maximum atomic E-state index is 12.3. The molecule has 1 aliphatic rings. The normalized spacial score (nSPS) is 26.4. The molecule has 124 valence electrons. The minimum absolute atomic E-state index is 0.280. The first-order chi connectivity index (χ1) is 10.9. The molecule has 2 rings (SSSR count). The van der Waals surface area contributed by atoms with Crippen molar-refractivity contribution in [3.05, 3.63) is 35.9 Å². The fourth-order valence-electron chi connectivity index (χ4n) is 2.69. The summed E-state index contributed by atoms with van der Waals surface area (Å²) >= 11 is 3.40. The van der Waals surface area contributed by atoms with Gasteiger partial charge in [-0.1, -0.05) is 34.1 Å². The summed E-state index contributed by atoms with van der Waals surface area (Å²) in [7, 11) is 1.30. The lowest BCUT2D eigenvalue weighted by Gasteiger charge is -2.22. The highest BCUT2D eigenvalue weighted by Gasteiger charge is 2.48. The van der Waals surface area contributed by atoms with Crippen LogP contribution in [-0.2, 0) is 19.1 Å². The van der Waals surface area contributed by atoms with E-state index in [1.807, 2.05) is 6.07 Å². The van der Waals surface area contributed by atoms with Gasteiger partial charge in [0.1, 0.15) is 6.10 Å². The molecule has 3 unspecified atom stereocenters. The van der Waals surface area contributed by atoms with Gasteiger partial charge in [0, 0.05) is 12.5 Å². The Kier molecular flexibility index (Phi) is 5.76. The van der Waals surface area contributed by atoms with Crippen LogP contribution in [0.5, 0.6) is 0 Å². The Balaban J connectivity index is 2.15. The molecule has 7 heteroatoms. The maximum absolute atomic E-state index is 12.3. The van der Waals surface area contributed by atoms with Crippen molar-refractivity contribution < 1.29 is 23.9 Å². The molecule has 6 nitrogen and oxygen atoms in total. The first-order valence-electron chi connectivity index (χ1n) is 7.19. The molecular formula is C16H18BrNO5. The lowest BCUT2D eigenvalue weighted by atomic mass is 10.1. The third-order valence-corrected chi connectivity index (χ3v) is 4.92. The number of methoxy groups -OCH3 is 1. The van der Waals surface area contributed by atoms with Gasteiger partial charge in [-0.15, -0.1) is 0 Å². The zero-order chi connectivity index (χ0) is 17.0. The van der Waals surface area contributed by atoms with Crippen LogP contribution in [0.4, 0.5) is 0 Å². The average Bonchev–Trinajstić information content (AvgIpc) is 2.83. The van der Waals surface area contributed by atoms with E-state index < -0.39 is 34.8 Å². The summed E-state index contributed by atoms with van der Waals surface area (Å²) in [5.74, 6) is -1.65. The molecule has 4 atom stereocenters. The first-order valence-corrected chi connectivity index (χ1v) is 8.10. The number of carbonyl (C=O) groups is 3. The summed E-state index contributed by atoms with van der Waals surface area (Å²) in [4.78, 5) is 35.1. The van der Waals surface area contributed by atoms with E-state index in [0.717, 1.165) is 0 Å². The number of amides is 1. The predicted molar refractivity (Wildman–Crippen MR) is 86.1 cm³/mol. The molecule has 1 aliphatic carbocycles. The van der Waals surface area contributed by atoms with Gasteiger partial charge in [0.15, 0.2) is 0 Å². The maximum Gasteiger partial charge on any atom is 0.310 e. The Morgan fingerprint density at radius 3 is 2.43 bits per heavy atom. The summed E-state index contributed by atoms with van der Waals surface area (Å²) in [6.45, 7) is 1.29. The fraction of sp³-hybridized carbons (Fsp3) is 0.438. The first kappa shape index (κ1) is 17.5. The number of halogens is 1. The van der Waals surface area contributed by atoms with Gasteiger partial charge in [0.05, 0.1) is 23.9 Å². The lowest BCUT2D eigenvalue weighted by molar-refractivity contribution is -0.149. The number of hydrogen-bond donors (Lipinski definition) is 1. The predicted octanol–water partition coefficient (Wildman–Crippen LogP) is 1.67. The Morgan fingerprint density at radius 2 is 1.87 bits per heavy atom. The molecule has 1 saturated carbocycles. The van der Waals surface area contributed by atoms with Crippen molar-refractivity contribution in [3.8, 4) is 0 Å². The van der Waals surface area contributed by atoms with Gasteiger partial charge >= 0.3 is 11.9 Å². The van der Waals surface area contributed by atoms with Crippen molar-refractivity contribution in [2.75, 3.05) is 7.11 Å². The van der Waals surface area contributed by atoms with Crippen LogP contribution in [0.15, 0.2) is 30.3 Å². The number of carbonyl (C=O) groups excluding carboxylic acids is 3. The quantitative estimate of drug-likeness (QED) is 0.631. The molecular weight excluding hydrogens is 366 g/mol. The van der Waals surface area contributed by atoms with Gasteiger partial charge in [-0.3, -0.25) is 14.4 Å². The van der Waals surface area contributed by atoms with Crippen LogP contribution >= 0.6 is 15.9 Å². The van der Waals surface area contributed by atoms with Crippen molar-refractivity contribution in [2.45, 2.75) is 30.3 Å². The van der Waals surface area contributed by atoms with E-state index in [1.165, 1.54) is 14.0 Å². The lowest BCUT2D eigenvalue weighted by Crippen LogP contribution is -2.44. The average molecular weight is 384 g/mol. The van der Waals surface area contributed by atoms with Crippen LogP contribution < -0.4 is 5.32 Å². The Morgan fingerprint density at radius 1 is 1.22 bits per heavy atom. The van der Waals surface area contributed by atoms with Crippen LogP contribution in [0.25, 0.3) is 0 Å². The summed E-state index contributed by atoms with van der Waals surface area (Å²) < 4.78 is 10.1. The molecule has 0 bridgehead atoms. The second-order valence-corrected chi connectivity index (χ2v) is 6.39. The molecule has 1 aromatic rings. The molecule has 1 N–H and O–H groups in total. The largest absolute Gasteiger partial charge is 0.469 e. The fourth-order valence-corrected chi connectivity index (χ4v) is 3.60. The molecule has 0 aliphatic heterocycles. The summed E-state index contributed by atoms with van der Waals surface area (Å²) in [5, 5.41) is 2.84. The Hall–Kier alpha value is -1.89. The molecule has 0 radical (unpaired) electrons. The number of benzene rings is 1. The standard InChI is InChI=1S/C16H18BrNO5/c1-9(19)23-14-12(8-11(13(14)17)16(21)22-2)18-15(20)10-6-4-3-5-7-10/h3-7,11-14H,8H2,1-2H3,(H,18,20)/t11?,12-,13?,14?/m1/s1. The van der Waals surface area contributed by atoms with Gasteiger partial charge in [0.25, 0.3) is 5.91 Å². The SMILES string of the molecule is COC(=O)C1C[C@@H](NC(=O)c2ccccc2)C(OC(C)=O)C1Br. The topological polar surface area (TPSA) is 81.7 Å². The number of rotatable bonds is 4. The van der Waals surface area contributed by atoms with Crippen LogP contribution in [0.1, 0.15) is 23.7 Å². The Labute approximate surface area is 142 Å². The van der Waals surface area contributed by atoms with Crippen molar-refractivity contribution in [2.24, 2.45) is 5.92 Å². The number of alkyl halides is 1. The minimum Gasteiger partial charge on any atom is -0.469 e. The van der Waals surface area contributed by atoms with Crippen LogP contribution in [0, 0.1) is 5.92 Å². The van der Waals surface area contributed by atoms with Gasteiger partial charge in [-0.05, 0) is 18.6 Å². The van der Waals surface area contributed by atoms with Crippen LogP contribution in [-0.4, -0.2) is 41.9 Å². The summed E-state index contributed by atoms with van der Waals surface area (Å²) in [6.07, 6.45) is -0.302. The van der Waals surface area contributed by atoms with E-state index in [0.29, 0.717) is 12.0 Å². The van der Waals surface area contributed by atoms with Crippen molar-refractivity contribution in [3.63, 3.8) is 0 Å². The highest BCUT2D eigenvalue weighted by molar-refractivity contribution is 9.09. The summed E-state index contributed by atoms with van der Waals surface area (Å²) in [6, 6.07) is 8.24. The minimum atomic E-state index is -0.635. The van der Waals surface area contributed by atoms with Gasteiger partial charge in [-0.2, -0.15) is 0 Å². The molecule has 0 spiro atoms. The van der Waals surface area contributed by atoms with E-state index in [9.17, 15) is 14.4 Å². The number of nitrogens with one attached hydrogen (secondary N) is 1. The monoisotopic (exact) mass is 383 g/mol. The van der Waals surface area contributed by atoms with Gasteiger partial charge in [-0.25, -0.2) is 0 Å². The van der Waals surface area contributed by atoms with Gasteiger partial charge < -0.3 is 14.8 Å². The highest BCUT2D eigenvalue weighted by atomic mass is 79.9. The van der Waals surface area contributed by atoms with E-state index >= 15 is 0 Å². The van der Waals surface area contributed by atoms with Gasteiger partial charge in [0.2, 0.25) is 0 Å². The summed E-state index contributed by atoms with van der Waals surface area (Å²) in [5.41, 5.74) is 0.502. The highest BCUT2D eigenvalue weighted by Crippen LogP contribution is 2.35. The van der Waals surface area contributed by atoms with Crippen LogP contribution in [0.3, 0.4) is 0 Å². The molecule has 0 heterocycles. The van der Waals surface area contributed by atoms with E-state index in [4.69, 9.17) is 9.47 Å². The molecule has 1 aromatic carbocycles. The van der Waals surface area contributed by atoms with Crippen molar-refractivity contribution >= 4 is 33.8 Å². The van der Waals surface area contributed by atoms with E-state index in [1.54, 1.807) is 24.3 Å². The third-order valence-electron chi connectivity index (χ3n) is 3.76. The molecule has 1 amide bonds. The third kappa shape index (κ3) is 4.10. The molecule has 0 aromatic heterocycles. The molecule has 1 fully saturated rings. The number of ether oxygens (including phenoxy) is 2. The molecule has 23 heavy (non-hydrogen) atoms. The second-order valence-electron chi connectivity index (χ2n) is 5.33. The number of hydrogen-bond acceptors (Lipinski definition) is 5. The Bertz CT molecular complexity index is 591. The molecule has 0 saturated heterocycles. The second kappa shape index (κ2) is 7.59.